The summed E-state index contributed by atoms with van der Waals surface area (Å²) in [6.07, 6.45) is 5.08. The Hall–Kier alpha value is -2.68. The van der Waals surface area contributed by atoms with E-state index in [1.165, 1.54) is 4.68 Å². The van der Waals surface area contributed by atoms with E-state index in [0.29, 0.717) is 23.7 Å². The van der Waals surface area contributed by atoms with Crippen molar-refractivity contribution in [3.8, 4) is 17.4 Å². The summed E-state index contributed by atoms with van der Waals surface area (Å²) >= 11 is 3.32. The minimum Gasteiger partial charge on any atom is -0.463 e. The number of nitrogens with one attached hydrogen (secondary N) is 2. The lowest BCUT2D eigenvalue weighted by Gasteiger charge is -2.09. The molecule has 3 aromatic rings. The highest BCUT2D eigenvalue weighted by Crippen LogP contribution is 2.25. The second kappa shape index (κ2) is 7.51. The Labute approximate surface area is 163 Å². The number of nitrogens with zero attached hydrogens (tertiary/aromatic N) is 3. The standard InChI is InChI=1S/C18H18BrN5O3/c19-8-2-7-16(25)21-15-10-13(14-6-3-9-27-14)23-24(15)18-20-12-5-1-4-11(12)17(26)22-18/h3,6,9-10H,1-2,4-5,7-8H2,(H,21,25)(H,20,22,26). The molecular formula is C18H18BrN5O3. The predicted octanol–water partition coefficient (Wildman–Crippen LogP) is 2.82. The largest absolute Gasteiger partial charge is 0.463 e. The van der Waals surface area contributed by atoms with Crippen molar-refractivity contribution in [2.45, 2.75) is 32.1 Å². The third-order valence-corrected chi connectivity index (χ3v) is 4.98. The molecule has 4 rings (SSSR count). The number of hydrogen-bond donors (Lipinski definition) is 2. The molecule has 1 amide bonds. The fourth-order valence-corrected chi connectivity index (χ4v) is 3.42. The van der Waals surface area contributed by atoms with Crippen LogP contribution in [0, 0.1) is 0 Å². The zero-order valence-electron chi connectivity index (χ0n) is 14.5. The Morgan fingerprint density at radius 2 is 2.30 bits per heavy atom. The summed E-state index contributed by atoms with van der Waals surface area (Å²) < 4.78 is 6.85. The second-order valence-electron chi connectivity index (χ2n) is 6.31. The average molecular weight is 432 g/mol. The normalized spacial score (nSPS) is 12.9. The zero-order valence-corrected chi connectivity index (χ0v) is 16.1. The van der Waals surface area contributed by atoms with Gasteiger partial charge in [-0.25, -0.2) is 4.98 Å². The van der Waals surface area contributed by atoms with E-state index in [1.54, 1.807) is 24.5 Å². The number of H-pyrrole nitrogens is 1. The van der Waals surface area contributed by atoms with Gasteiger partial charge in [-0.15, -0.1) is 0 Å². The first-order valence-electron chi connectivity index (χ1n) is 8.78. The number of hydrogen-bond acceptors (Lipinski definition) is 5. The van der Waals surface area contributed by atoms with E-state index >= 15 is 0 Å². The molecule has 27 heavy (non-hydrogen) atoms. The van der Waals surface area contributed by atoms with E-state index in [0.717, 1.165) is 42.3 Å². The van der Waals surface area contributed by atoms with Crippen LogP contribution in [0.3, 0.4) is 0 Å². The SMILES string of the molecule is O=C(CCCBr)Nc1cc(-c2ccco2)nn1-c1nc2c(c(=O)[nH]1)CCC2. The predicted molar refractivity (Wildman–Crippen MR) is 103 cm³/mol. The van der Waals surface area contributed by atoms with Crippen molar-refractivity contribution in [3.05, 3.63) is 46.1 Å². The monoisotopic (exact) mass is 431 g/mol. The van der Waals surface area contributed by atoms with Gasteiger partial charge >= 0.3 is 0 Å². The summed E-state index contributed by atoms with van der Waals surface area (Å²) in [6, 6.07) is 5.25. The molecule has 3 heterocycles. The lowest BCUT2D eigenvalue weighted by molar-refractivity contribution is -0.116. The summed E-state index contributed by atoms with van der Waals surface area (Å²) in [6.45, 7) is 0. The first-order chi connectivity index (χ1) is 13.2. The maximum atomic E-state index is 12.4. The lowest BCUT2D eigenvalue weighted by atomic mass is 10.3. The Morgan fingerprint density at radius 1 is 1.41 bits per heavy atom. The van der Waals surface area contributed by atoms with Crippen molar-refractivity contribution < 1.29 is 9.21 Å². The number of rotatable bonds is 6. The van der Waals surface area contributed by atoms with Crippen LogP contribution in [0.5, 0.6) is 0 Å². The van der Waals surface area contributed by atoms with Crippen molar-refractivity contribution >= 4 is 27.7 Å². The molecular weight excluding hydrogens is 414 g/mol. The minimum absolute atomic E-state index is 0.134. The number of aromatic amines is 1. The molecule has 9 heteroatoms. The molecule has 0 radical (unpaired) electrons. The number of anilines is 1. The van der Waals surface area contributed by atoms with Gasteiger partial charge in [-0.2, -0.15) is 9.78 Å². The molecule has 3 aromatic heterocycles. The summed E-state index contributed by atoms with van der Waals surface area (Å²) in [7, 11) is 0. The highest BCUT2D eigenvalue weighted by molar-refractivity contribution is 9.09. The van der Waals surface area contributed by atoms with Crippen molar-refractivity contribution in [2.75, 3.05) is 10.6 Å². The maximum Gasteiger partial charge on any atom is 0.255 e. The molecule has 0 saturated heterocycles. The van der Waals surface area contributed by atoms with Gasteiger partial charge in [0.1, 0.15) is 11.5 Å². The molecule has 0 fully saturated rings. The number of furan rings is 1. The van der Waals surface area contributed by atoms with E-state index in [9.17, 15) is 9.59 Å². The molecule has 0 atom stereocenters. The van der Waals surface area contributed by atoms with Crippen LogP contribution in [0.1, 0.15) is 30.5 Å². The maximum absolute atomic E-state index is 12.4. The fourth-order valence-electron chi connectivity index (χ4n) is 3.14. The Bertz CT molecular complexity index is 1020. The number of aryl methyl sites for hydroxylation is 1. The molecule has 0 aromatic carbocycles. The molecule has 0 unspecified atom stereocenters. The van der Waals surface area contributed by atoms with E-state index in [4.69, 9.17) is 4.42 Å². The summed E-state index contributed by atoms with van der Waals surface area (Å²) in [5.74, 6) is 1.15. The van der Waals surface area contributed by atoms with Gasteiger partial charge in [-0.1, -0.05) is 15.9 Å². The van der Waals surface area contributed by atoms with Gasteiger partial charge in [0, 0.05) is 23.4 Å². The van der Waals surface area contributed by atoms with E-state index < -0.39 is 0 Å². The summed E-state index contributed by atoms with van der Waals surface area (Å²) in [5, 5.41) is 8.09. The van der Waals surface area contributed by atoms with E-state index in [-0.39, 0.29) is 17.4 Å². The third kappa shape index (κ3) is 3.59. The number of fused-ring (bicyclic) bond motifs is 1. The molecule has 0 bridgehead atoms. The van der Waals surface area contributed by atoms with Crippen molar-refractivity contribution in [2.24, 2.45) is 0 Å². The van der Waals surface area contributed by atoms with Gasteiger partial charge < -0.3 is 9.73 Å². The van der Waals surface area contributed by atoms with Gasteiger partial charge in [0.05, 0.1) is 12.0 Å². The van der Waals surface area contributed by atoms with Crippen LogP contribution in [-0.2, 0) is 17.6 Å². The van der Waals surface area contributed by atoms with E-state index in [2.05, 4.69) is 36.3 Å². The summed E-state index contributed by atoms with van der Waals surface area (Å²) in [5.41, 5.74) is 1.92. The summed E-state index contributed by atoms with van der Waals surface area (Å²) in [4.78, 5) is 31.9. The van der Waals surface area contributed by atoms with Gasteiger partial charge in [-0.3, -0.25) is 14.6 Å². The quantitative estimate of drug-likeness (QED) is 0.583. The molecule has 0 saturated carbocycles. The fraction of sp³-hybridized carbons (Fsp3) is 0.333. The van der Waals surface area contributed by atoms with Crippen LogP contribution in [-0.4, -0.2) is 31.0 Å². The molecule has 8 nitrogen and oxygen atoms in total. The van der Waals surface area contributed by atoms with Gasteiger partial charge in [-0.05, 0) is 37.8 Å². The van der Waals surface area contributed by atoms with Crippen molar-refractivity contribution in [1.82, 2.24) is 19.7 Å². The van der Waals surface area contributed by atoms with E-state index in [1.807, 2.05) is 0 Å². The highest BCUT2D eigenvalue weighted by Gasteiger charge is 2.21. The molecule has 1 aliphatic carbocycles. The number of halogens is 1. The zero-order chi connectivity index (χ0) is 18.8. The molecule has 0 aliphatic heterocycles. The van der Waals surface area contributed by atoms with Gasteiger partial charge in [0.25, 0.3) is 5.56 Å². The number of carbonyl (C=O) groups excluding carboxylic acids is 1. The number of amides is 1. The first kappa shape index (κ1) is 17.7. The first-order valence-corrected chi connectivity index (χ1v) is 9.90. The molecule has 140 valence electrons. The van der Waals surface area contributed by atoms with Crippen LogP contribution in [0.4, 0.5) is 5.82 Å². The highest BCUT2D eigenvalue weighted by atomic mass is 79.9. The Morgan fingerprint density at radius 3 is 3.07 bits per heavy atom. The van der Waals surface area contributed by atoms with Crippen LogP contribution < -0.4 is 10.9 Å². The Balaban J connectivity index is 1.75. The van der Waals surface area contributed by atoms with Gasteiger partial charge in [0.2, 0.25) is 11.9 Å². The van der Waals surface area contributed by atoms with Crippen LogP contribution >= 0.6 is 15.9 Å². The smallest absolute Gasteiger partial charge is 0.255 e. The molecule has 2 N–H and O–H groups in total. The second-order valence-corrected chi connectivity index (χ2v) is 7.11. The minimum atomic E-state index is -0.154. The van der Waals surface area contributed by atoms with Crippen molar-refractivity contribution in [3.63, 3.8) is 0 Å². The number of alkyl halides is 1. The Kier molecular flexibility index (Phi) is 4.93. The van der Waals surface area contributed by atoms with Crippen LogP contribution in [0.2, 0.25) is 0 Å². The topological polar surface area (TPSA) is 106 Å². The molecule has 0 spiro atoms. The van der Waals surface area contributed by atoms with Crippen molar-refractivity contribution in [1.29, 1.82) is 0 Å². The number of aromatic nitrogens is 4. The lowest BCUT2D eigenvalue weighted by Crippen LogP contribution is -2.21. The average Bonchev–Trinajstić information content (AvgIpc) is 3.39. The number of carbonyl (C=O) groups is 1. The van der Waals surface area contributed by atoms with Crippen LogP contribution in [0.15, 0.2) is 33.7 Å². The molecule has 1 aliphatic rings. The third-order valence-electron chi connectivity index (χ3n) is 4.42. The van der Waals surface area contributed by atoms with Gasteiger partial charge in [0.15, 0.2) is 5.76 Å². The van der Waals surface area contributed by atoms with Crippen LogP contribution in [0.25, 0.3) is 17.4 Å².